The van der Waals surface area contributed by atoms with Crippen LogP contribution in [0.5, 0.6) is 0 Å². The topological polar surface area (TPSA) is 76.3 Å². The van der Waals surface area contributed by atoms with Crippen molar-refractivity contribution >= 4 is 26.3 Å². The normalized spacial score (nSPS) is 18.2. The molecule has 102 valence electrons. The minimum absolute atomic E-state index is 0.0378. The highest BCUT2D eigenvalue weighted by molar-refractivity contribution is 7.90. The number of thiazole rings is 1. The summed E-state index contributed by atoms with van der Waals surface area (Å²) in [5.41, 5.74) is 5.62. The Hall–Kier alpha value is -0.660. The van der Waals surface area contributed by atoms with E-state index in [9.17, 15) is 8.42 Å². The van der Waals surface area contributed by atoms with Crippen molar-refractivity contribution in [2.75, 3.05) is 17.7 Å². The van der Waals surface area contributed by atoms with Crippen LogP contribution in [0.1, 0.15) is 24.6 Å². The molecule has 0 aliphatic heterocycles. The summed E-state index contributed by atoms with van der Waals surface area (Å²) >= 11 is 1.47. The van der Waals surface area contributed by atoms with Crippen LogP contribution in [0.2, 0.25) is 0 Å². The van der Waals surface area contributed by atoms with Crippen LogP contribution in [0, 0.1) is 0 Å². The van der Waals surface area contributed by atoms with Crippen LogP contribution in [0.15, 0.2) is 6.20 Å². The molecule has 0 amide bonds. The number of nitrogen functional groups attached to an aromatic ring is 1. The number of aromatic nitrogens is 1. The first-order valence-electron chi connectivity index (χ1n) is 5.99. The zero-order valence-electron chi connectivity index (χ0n) is 10.7. The number of nitrogens with zero attached hydrogens (tertiary/aromatic N) is 2. The summed E-state index contributed by atoms with van der Waals surface area (Å²) in [6.07, 6.45) is 5.38. The lowest BCUT2D eigenvalue weighted by Gasteiger charge is -2.27. The van der Waals surface area contributed by atoms with Crippen molar-refractivity contribution in [2.45, 2.75) is 38.4 Å². The highest BCUT2D eigenvalue weighted by Gasteiger charge is 2.33. The predicted molar refractivity (Wildman–Crippen MR) is 74.3 cm³/mol. The van der Waals surface area contributed by atoms with Crippen molar-refractivity contribution in [1.29, 1.82) is 0 Å². The second kappa shape index (κ2) is 5.14. The van der Waals surface area contributed by atoms with Gasteiger partial charge in [-0.1, -0.05) is 0 Å². The molecule has 1 aromatic rings. The third kappa shape index (κ3) is 3.93. The van der Waals surface area contributed by atoms with Gasteiger partial charge in [0, 0.05) is 36.0 Å². The van der Waals surface area contributed by atoms with Crippen molar-refractivity contribution in [3.8, 4) is 0 Å². The fourth-order valence-corrected chi connectivity index (χ4v) is 3.92. The molecule has 1 atom stereocenters. The molecule has 18 heavy (non-hydrogen) atoms. The number of anilines is 1. The summed E-state index contributed by atoms with van der Waals surface area (Å²) < 4.78 is 22.8. The van der Waals surface area contributed by atoms with Gasteiger partial charge in [-0.15, -0.1) is 11.3 Å². The number of rotatable bonds is 6. The molecule has 1 unspecified atom stereocenters. The summed E-state index contributed by atoms with van der Waals surface area (Å²) in [5, 5.41) is 0.566. The molecular weight excluding hydrogens is 270 g/mol. The summed E-state index contributed by atoms with van der Waals surface area (Å²) in [6, 6.07) is 0.556. The van der Waals surface area contributed by atoms with Gasteiger partial charge in [-0.3, -0.25) is 4.90 Å². The Morgan fingerprint density at radius 1 is 1.61 bits per heavy atom. The summed E-state index contributed by atoms with van der Waals surface area (Å²) in [6.45, 7) is 2.72. The SMILES string of the molecule is CC(CS(C)(=O)=O)N(Cc1cnc(N)s1)C1CC1. The standard InChI is InChI=1S/C11H19N3O2S2/c1-8(7-18(2,15)16)14(9-3-4-9)6-10-5-13-11(12)17-10/h5,8-9H,3-4,6-7H2,1-2H3,(H2,12,13). The average molecular weight is 289 g/mol. The van der Waals surface area contributed by atoms with E-state index in [0.717, 1.165) is 24.3 Å². The van der Waals surface area contributed by atoms with Gasteiger partial charge >= 0.3 is 0 Å². The van der Waals surface area contributed by atoms with E-state index >= 15 is 0 Å². The van der Waals surface area contributed by atoms with E-state index in [1.807, 2.05) is 6.92 Å². The molecule has 1 saturated carbocycles. The first kappa shape index (κ1) is 13.8. The van der Waals surface area contributed by atoms with Gasteiger partial charge in [0.05, 0.1) is 5.75 Å². The molecule has 0 saturated heterocycles. The zero-order valence-corrected chi connectivity index (χ0v) is 12.3. The maximum atomic E-state index is 11.4. The minimum Gasteiger partial charge on any atom is -0.375 e. The molecule has 5 nitrogen and oxygen atoms in total. The molecule has 1 aromatic heterocycles. The Labute approximate surface area is 112 Å². The lowest BCUT2D eigenvalue weighted by atomic mass is 10.3. The van der Waals surface area contributed by atoms with E-state index in [2.05, 4.69) is 9.88 Å². The van der Waals surface area contributed by atoms with E-state index < -0.39 is 9.84 Å². The van der Waals surface area contributed by atoms with Gasteiger partial charge in [-0.2, -0.15) is 0 Å². The number of hydrogen-bond donors (Lipinski definition) is 1. The van der Waals surface area contributed by atoms with Gasteiger partial charge < -0.3 is 5.73 Å². The first-order chi connectivity index (χ1) is 8.35. The predicted octanol–water partition coefficient (Wildman–Crippen LogP) is 1.12. The van der Waals surface area contributed by atoms with E-state index in [-0.39, 0.29) is 11.8 Å². The van der Waals surface area contributed by atoms with Crippen LogP contribution >= 0.6 is 11.3 Å². The Bertz CT molecular complexity index is 508. The van der Waals surface area contributed by atoms with Crippen molar-refractivity contribution < 1.29 is 8.42 Å². The second-order valence-corrected chi connectivity index (χ2v) is 8.34. The fourth-order valence-electron chi connectivity index (χ4n) is 2.16. The Morgan fingerprint density at radius 3 is 2.72 bits per heavy atom. The van der Waals surface area contributed by atoms with E-state index in [1.54, 1.807) is 6.20 Å². The number of hydrogen-bond acceptors (Lipinski definition) is 6. The summed E-state index contributed by atoms with van der Waals surface area (Å²) in [4.78, 5) is 7.39. The molecule has 0 radical (unpaired) electrons. The maximum absolute atomic E-state index is 11.4. The molecule has 1 aliphatic carbocycles. The molecule has 0 aromatic carbocycles. The van der Waals surface area contributed by atoms with Crippen molar-refractivity contribution in [1.82, 2.24) is 9.88 Å². The van der Waals surface area contributed by atoms with Gasteiger partial charge in [-0.05, 0) is 19.8 Å². The highest BCUT2D eigenvalue weighted by atomic mass is 32.2. The van der Waals surface area contributed by atoms with Gasteiger partial charge in [0.2, 0.25) is 0 Å². The van der Waals surface area contributed by atoms with E-state index in [4.69, 9.17) is 5.73 Å². The number of sulfone groups is 1. The van der Waals surface area contributed by atoms with Crippen LogP contribution in [-0.2, 0) is 16.4 Å². The van der Waals surface area contributed by atoms with Gasteiger partial charge in [0.15, 0.2) is 5.13 Å². The average Bonchev–Trinajstić information content (AvgIpc) is 2.97. The van der Waals surface area contributed by atoms with Gasteiger partial charge in [-0.25, -0.2) is 13.4 Å². The first-order valence-corrected chi connectivity index (χ1v) is 8.86. The molecule has 1 fully saturated rings. The molecule has 1 heterocycles. The molecule has 1 aliphatic rings. The Morgan fingerprint density at radius 2 is 2.28 bits per heavy atom. The van der Waals surface area contributed by atoms with E-state index in [1.165, 1.54) is 17.6 Å². The van der Waals surface area contributed by atoms with Gasteiger partial charge in [0.1, 0.15) is 9.84 Å². The quantitative estimate of drug-likeness (QED) is 0.849. The molecular formula is C11H19N3O2S2. The zero-order chi connectivity index (χ0) is 13.3. The summed E-state index contributed by atoms with van der Waals surface area (Å²) in [5.74, 6) is 0.206. The Balaban J connectivity index is 2.04. The van der Waals surface area contributed by atoms with Crippen molar-refractivity contribution in [2.24, 2.45) is 0 Å². The van der Waals surface area contributed by atoms with Crippen molar-refractivity contribution in [3.63, 3.8) is 0 Å². The van der Waals surface area contributed by atoms with Gasteiger partial charge in [0.25, 0.3) is 0 Å². The van der Waals surface area contributed by atoms with Crippen LogP contribution in [-0.4, -0.2) is 42.4 Å². The lowest BCUT2D eigenvalue weighted by molar-refractivity contribution is 0.205. The molecule has 0 bridgehead atoms. The highest BCUT2D eigenvalue weighted by Crippen LogP contribution is 2.31. The smallest absolute Gasteiger partial charge is 0.180 e. The third-order valence-electron chi connectivity index (χ3n) is 3.04. The third-order valence-corrected chi connectivity index (χ3v) is 4.94. The maximum Gasteiger partial charge on any atom is 0.180 e. The van der Waals surface area contributed by atoms with Crippen LogP contribution in [0.25, 0.3) is 0 Å². The Kier molecular flexibility index (Phi) is 3.93. The molecule has 2 N–H and O–H groups in total. The van der Waals surface area contributed by atoms with Crippen molar-refractivity contribution in [3.05, 3.63) is 11.1 Å². The molecule has 2 rings (SSSR count). The summed E-state index contributed by atoms with van der Waals surface area (Å²) in [7, 11) is -2.94. The fraction of sp³-hybridized carbons (Fsp3) is 0.727. The van der Waals surface area contributed by atoms with E-state index in [0.29, 0.717) is 11.2 Å². The lowest BCUT2D eigenvalue weighted by Crippen LogP contribution is -2.38. The molecule has 0 spiro atoms. The molecule has 7 heteroatoms. The van der Waals surface area contributed by atoms with Crippen LogP contribution < -0.4 is 5.73 Å². The number of nitrogens with two attached hydrogens (primary N) is 1. The van der Waals surface area contributed by atoms with Crippen LogP contribution in [0.3, 0.4) is 0 Å². The monoisotopic (exact) mass is 289 g/mol. The van der Waals surface area contributed by atoms with Crippen LogP contribution in [0.4, 0.5) is 5.13 Å². The minimum atomic E-state index is -2.94. The largest absolute Gasteiger partial charge is 0.375 e. The second-order valence-electron chi connectivity index (χ2n) is 5.01.